The summed E-state index contributed by atoms with van der Waals surface area (Å²) < 4.78 is 7.23. The van der Waals surface area contributed by atoms with Crippen molar-refractivity contribution in [3.63, 3.8) is 0 Å². The molecule has 0 unspecified atom stereocenters. The minimum absolute atomic E-state index is 0.258. The third kappa shape index (κ3) is 2.00. The second-order valence-electron chi connectivity index (χ2n) is 6.01. The first-order valence-corrected chi connectivity index (χ1v) is 7.91. The van der Waals surface area contributed by atoms with Crippen molar-refractivity contribution >= 4 is 22.5 Å². The van der Waals surface area contributed by atoms with Gasteiger partial charge in [0.05, 0.1) is 12.1 Å². The summed E-state index contributed by atoms with van der Waals surface area (Å²) in [5.74, 6) is 1.26. The van der Waals surface area contributed by atoms with Gasteiger partial charge in [0.2, 0.25) is 5.95 Å². The molecule has 6 nitrogen and oxygen atoms in total. The predicted octanol–water partition coefficient (Wildman–Crippen LogP) is 2.39. The van der Waals surface area contributed by atoms with E-state index in [9.17, 15) is 0 Å². The van der Waals surface area contributed by atoms with Gasteiger partial charge in [-0.25, -0.2) is 4.98 Å². The van der Waals surface area contributed by atoms with E-state index in [4.69, 9.17) is 10.5 Å². The lowest BCUT2D eigenvalue weighted by Gasteiger charge is -2.08. The summed E-state index contributed by atoms with van der Waals surface area (Å²) in [4.78, 5) is 8.84. The molecule has 118 valence electrons. The van der Waals surface area contributed by atoms with Crippen LogP contribution < -0.4 is 10.5 Å². The van der Waals surface area contributed by atoms with Crippen LogP contribution in [0.5, 0.6) is 5.75 Å². The molecule has 24 heavy (non-hydrogen) atoms. The standard InChI is InChI=1S/C18H15N5O/c19-18-21-17-16-13(2-1-3-14(16)20-10-23(17)22-18)9-11-4-5-15-12(8-11)6-7-24-15/h1-5,8,10H,6-7,9H2,(H2,19,22). The molecule has 1 aliphatic heterocycles. The van der Waals surface area contributed by atoms with E-state index in [2.05, 4.69) is 39.3 Å². The highest BCUT2D eigenvalue weighted by Gasteiger charge is 2.14. The minimum Gasteiger partial charge on any atom is -0.493 e. The van der Waals surface area contributed by atoms with Gasteiger partial charge in [-0.3, -0.25) is 0 Å². The van der Waals surface area contributed by atoms with Crippen molar-refractivity contribution < 1.29 is 4.74 Å². The van der Waals surface area contributed by atoms with Crippen molar-refractivity contribution in [2.75, 3.05) is 12.3 Å². The van der Waals surface area contributed by atoms with E-state index in [-0.39, 0.29) is 5.95 Å². The highest BCUT2D eigenvalue weighted by atomic mass is 16.5. The van der Waals surface area contributed by atoms with Crippen LogP contribution in [0.1, 0.15) is 16.7 Å². The molecule has 1 aliphatic rings. The molecule has 0 bridgehead atoms. The zero-order valence-electron chi connectivity index (χ0n) is 12.9. The molecule has 0 saturated heterocycles. The van der Waals surface area contributed by atoms with Crippen LogP contribution in [0.3, 0.4) is 0 Å². The van der Waals surface area contributed by atoms with Crippen molar-refractivity contribution in [3.05, 3.63) is 59.4 Å². The topological polar surface area (TPSA) is 78.3 Å². The Morgan fingerprint density at radius 2 is 2.17 bits per heavy atom. The van der Waals surface area contributed by atoms with Crippen LogP contribution in [-0.2, 0) is 12.8 Å². The van der Waals surface area contributed by atoms with Gasteiger partial charge in [-0.1, -0.05) is 24.3 Å². The summed E-state index contributed by atoms with van der Waals surface area (Å²) in [6.45, 7) is 0.774. The molecule has 0 aliphatic carbocycles. The van der Waals surface area contributed by atoms with Crippen LogP contribution in [0.2, 0.25) is 0 Å². The molecule has 0 spiro atoms. The first-order chi connectivity index (χ1) is 11.8. The fourth-order valence-corrected chi connectivity index (χ4v) is 3.38. The normalized spacial score (nSPS) is 13.3. The average Bonchev–Trinajstić information content (AvgIpc) is 3.19. The van der Waals surface area contributed by atoms with Crippen LogP contribution in [-0.4, -0.2) is 26.2 Å². The molecule has 0 fully saturated rings. The molecule has 2 N–H and O–H groups in total. The lowest BCUT2D eigenvalue weighted by molar-refractivity contribution is 0.357. The Hall–Kier alpha value is -3.15. The number of benzene rings is 2. The molecule has 4 aromatic rings. The number of anilines is 1. The van der Waals surface area contributed by atoms with E-state index >= 15 is 0 Å². The summed E-state index contributed by atoms with van der Waals surface area (Å²) in [7, 11) is 0. The van der Waals surface area contributed by atoms with Gasteiger partial charge in [-0.05, 0) is 35.2 Å². The molecule has 3 heterocycles. The van der Waals surface area contributed by atoms with Crippen LogP contribution in [0.25, 0.3) is 16.6 Å². The van der Waals surface area contributed by atoms with Crippen LogP contribution in [0, 0.1) is 0 Å². The maximum atomic E-state index is 5.76. The molecule has 0 amide bonds. The number of nitrogens with zero attached hydrogens (tertiary/aromatic N) is 4. The Bertz CT molecular complexity index is 1090. The summed E-state index contributed by atoms with van der Waals surface area (Å²) >= 11 is 0. The van der Waals surface area contributed by atoms with Gasteiger partial charge in [0.15, 0.2) is 5.65 Å². The van der Waals surface area contributed by atoms with Gasteiger partial charge < -0.3 is 10.5 Å². The molecule has 5 rings (SSSR count). The number of aromatic nitrogens is 4. The average molecular weight is 317 g/mol. The van der Waals surface area contributed by atoms with E-state index in [1.165, 1.54) is 11.1 Å². The summed E-state index contributed by atoms with van der Waals surface area (Å²) in [6, 6.07) is 12.5. The molecular formula is C18H15N5O. The molecule has 6 heteroatoms. The Labute approximate surface area is 137 Å². The van der Waals surface area contributed by atoms with E-state index in [1.54, 1.807) is 10.8 Å². The summed E-state index contributed by atoms with van der Waals surface area (Å²) in [5, 5.41) is 5.16. The van der Waals surface area contributed by atoms with Crippen molar-refractivity contribution in [3.8, 4) is 5.75 Å². The number of nitrogens with two attached hydrogens (primary N) is 1. The molecule has 0 radical (unpaired) electrons. The number of ether oxygens (including phenoxy) is 1. The molecule has 0 saturated carbocycles. The minimum atomic E-state index is 0.258. The highest BCUT2D eigenvalue weighted by molar-refractivity contribution is 5.94. The quantitative estimate of drug-likeness (QED) is 0.614. The third-order valence-corrected chi connectivity index (χ3v) is 4.45. The van der Waals surface area contributed by atoms with Gasteiger partial charge in [0, 0.05) is 11.8 Å². The Kier molecular flexibility index (Phi) is 2.73. The molecule has 2 aromatic carbocycles. The summed E-state index contributed by atoms with van der Waals surface area (Å²) in [6.07, 6.45) is 3.43. The Morgan fingerprint density at radius 3 is 3.12 bits per heavy atom. The SMILES string of the molecule is Nc1nc2c3c(Cc4ccc5c(c4)CCO5)cccc3ncn2n1. The second-order valence-corrected chi connectivity index (χ2v) is 6.01. The maximum Gasteiger partial charge on any atom is 0.240 e. The van der Waals surface area contributed by atoms with Crippen molar-refractivity contribution in [1.29, 1.82) is 0 Å². The van der Waals surface area contributed by atoms with Crippen LogP contribution >= 0.6 is 0 Å². The molecule has 0 atom stereocenters. The van der Waals surface area contributed by atoms with E-state index in [0.29, 0.717) is 0 Å². The van der Waals surface area contributed by atoms with E-state index in [1.807, 2.05) is 12.1 Å². The van der Waals surface area contributed by atoms with Crippen molar-refractivity contribution in [1.82, 2.24) is 19.6 Å². The van der Waals surface area contributed by atoms with E-state index in [0.717, 1.165) is 47.3 Å². The Morgan fingerprint density at radius 1 is 1.21 bits per heavy atom. The highest BCUT2D eigenvalue weighted by Crippen LogP contribution is 2.29. The second kappa shape index (κ2) is 4.92. The lowest BCUT2D eigenvalue weighted by Crippen LogP contribution is -1.97. The fraction of sp³-hybridized carbons (Fsp3) is 0.167. The first kappa shape index (κ1) is 13.3. The smallest absolute Gasteiger partial charge is 0.240 e. The van der Waals surface area contributed by atoms with Crippen LogP contribution in [0.15, 0.2) is 42.7 Å². The third-order valence-electron chi connectivity index (χ3n) is 4.45. The van der Waals surface area contributed by atoms with Gasteiger partial charge >= 0.3 is 0 Å². The van der Waals surface area contributed by atoms with Crippen molar-refractivity contribution in [2.45, 2.75) is 12.8 Å². The zero-order chi connectivity index (χ0) is 16.1. The van der Waals surface area contributed by atoms with Gasteiger partial charge in [0.1, 0.15) is 12.1 Å². The largest absolute Gasteiger partial charge is 0.493 e. The Balaban J connectivity index is 1.67. The molecule has 2 aromatic heterocycles. The number of fused-ring (bicyclic) bond motifs is 4. The van der Waals surface area contributed by atoms with E-state index < -0.39 is 0 Å². The monoisotopic (exact) mass is 317 g/mol. The maximum absolute atomic E-state index is 5.76. The number of hydrogen-bond acceptors (Lipinski definition) is 5. The number of rotatable bonds is 2. The van der Waals surface area contributed by atoms with Crippen LogP contribution in [0.4, 0.5) is 5.95 Å². The fourth-order valence-electron chi connectivity index (χ4n) is 3.38. The number of nitrogen functional groups attached to an aromatic ring is 1. The summed E-state index contributed by atoms with van der Waals surface area (Å²) in [5.41, 5.74) is 11.1. The molecular weight excluding hydrogens is 302 g/mol. The lowest BCUT2D eigenvalue weighted by atomic mass is 9.99. The number of hydrogen-bond donors (Lipinski definition) is 1. The van der Waals surface area contributed by atoms with Crippen molar-refractivity contribution in [2.24, 2.45) is 0 Å². The van der Waals surface area contributed by atoms with Gasteiger partial charge in [0.25, 0.3) is 0 Å². The van der Waals surface area contributed by atoms with Gasteiger partial charge in [-0.2, -0.15) is 9.50 Å². The zero-order valence-corrected chi connectivity index (χ0v) is 12.9. The first-order valence-electron chi connectivity index (χ1n) is 7.91. The van der Waals surface area contributed by atoms with Gasteiger partial charge in [-0.15, -0.1) is 5.10 Å². The predicted molar refractivity (Wildman–Crippen MR) is 91.1 cm³/mol.